The Morgan fingerprint density at radius 2 is 1.83 bits per heavy atom. The Morgan fingerprint density at radius 3 is 2.53 bits per heavy atom. The van der Waals surface area contributed by atoms with Gasteiger partial charge in [0.1, 0.15) is 16.9 Å². The Bertz CT molecular complexity index is 1170. The van der Waals surface area contributed by atoms with E-state index in [0.29, 0.717) is 28.4 Å². The molecule has 156 valence electrons. The van der Waals surface area contributed by atoms with E-state index in [-0.39, 0.29) is 22.4 Å². The second-order valence-corrected chi connectivity index (χ2v) is 9.94. The summed E-state index contributed by atoms with van der Waals surface area (Å²) in [6.07, 6.45) is 0.976. The number of carbonyl (C=O) groups excluding carboxylic acids is 1. The van der Waals surface area contributed by atoms with Crippen molar-refractivity contribution in [1.82, 2.24) is 14.5 Å². The summed E-state index contributed by atoms with van der Waals surface area (Å²) in [5.41, 5.74) is 0.669. The number of hydrogen-bond donors (Lipinski definition) is 1. The zero-order chi connectivity index (χ0) is 21.3. The minimum Gasteiger partial charge on any atom is -0.299 e. The molecule has 0 radical (unpaired) electrons. The Labute approximate surface area is 181 Å². The van der Waals surface area contributed by atoms with E-state index in [9.17, 15) is 17.6 Å². The summed E-state index contributed by atoms with van der Waals surface area (Å²) in [5.74, 6) is -0.827. The molecule has 0 bridgehead atoms. The Morgan fingerprint density at radius 1 is 1.13 bits per heavy atom. The number of halogens is 2. The molecule has 2 aromatic carbocycles. The summed E-state index contributed by atoms with van der Waals surface area (Å²) in [6, 6.07) is 10.8. The number of carbonyl (C=O) groups is 1. The summed E-state index contributed by atoms with van der Waals surface area (Å²) >= 11 is 6.97. The van der Waals surface area contributed by atoms with Gasteiger partial charge >= 0.3 is 0 Å². The van der Waals surface area contributed by atoms with Crippen molar-refractivity contribution in [2.75, 3.05) is 11.9 Å². The molecule has 0 spiro atoms. The van der Waals surface area contributed by atoms with Crippen LogP contribution in [0.2, 0.25) is 5.02 Å². The van der Waals surface area contributed by atoms with Gasteiger partial charge in [-0.3, -0.25) is 10.1 Å². The predicted molar refractivity (Wildman–Crippen MR) is 112 cm³/mol. The van der Waals surface area contributed by atoms with Gasteiger partial charge in [0.05, 0.1) is 4.90 Å². The molecule has 1 saturated heterocycles. The number of nitrogens with one attached hydrogen (secondary N) is 1. The van der Waals surface area contributed by atoms with Crippen molar-refractivity contribution in [3.05, 3.63) is 59.4 Å². The van der Waals surface area contributed by atoms with Crippen molar-refractivity contribution in [3.8, 4) is 10.6 Å². The van der Waals surface area contributed by atoms with E-state index < -0.39 is 22.0 Å². The highest BCUT2D eigenvalue weighted by atomic mass is 35.5. The van der Waals surface area contributed by atoms with Crippen LogP contribution in [0.1, 0.15) is 12.8 Å². The molecule has 1 aromatic heterocycles. The van der Waals surface area contributed by atoms with Crippen molar-refractivity contribution in [2.24, 2.45) is 0 Å². The number of anilines is 1. The lowest BCUT2D eigenvalue weighted by atomic mass is 10.2. The maximum Gasteiger partial charge on any atom is 0.244 e. The lowest BCUT2D eigenvalue weighted by Crippen LogP contribution is -2.43. The summed E-state index contributed by atoms with van der Waals surface area (Å²) in [4.78, 5) is 12.9. The summed E-state index contributed by atoms with van der Waals surface area (Å²) in [5, 5.41) is 11.8. The third-order valence-corrected chi connectivity index (χ3v) is 7.74. The minimum absolute atomic E-state index is 0.0844. The maximum atomic E-state index is 13.1. The minimum atomic E-state index is -3.84. The molecule has 3 aromatic rings. The number of amides is 1. The van der Waals surface area contributed by atoms with Crippen LogP contribution in [0.4, 0.5) is 9.52 Å². The van der Waals surface area contributed by atoms with Gasteiger partial charge < -0.3 is 0 Å². The molecule has 7 nitrogen and oxygen atoms in total. The molecule has 1 aliphatic rings. The van der Waals surface area contributed by atoms with Gasteiger partial charge in [0.15, 0.2) is 0 Å². The lowest BCUT2D eigenvalue weighted by molar-refractivity contribution is -0.119. The fraction of sp³-hybridized carbons (Fsp3) is 0.211. The Hall–Kier alpha value is -2.40. The zero-order valence-electron chi connectivity index (χ0n) is 15.5. The van der Waals surface area contributed by atoms with E-state index >= 15 is 0 Å². The lowest BCUT2D eigenvalue weighted by Gasteiger charge is -2.23. The molecule has 1 fully saturated rings. The maximum absolute atomic E-state index is 13.1. The third-order valence-electron chi connectivity index (χ3n) is 4.67. The molecule has 0 aliphatic carbocycles. The first-order valence-electron chi connectivity index (χ1n) is 9.02. The number of benzene rings is 2. The van der Waals surface area contributed by atoms with Crippen molar-refractivity contribution < 1.29 is 17.6 Å². The fourth-order valence-corrected chi connectivity index (χ4v) is 5.74. The first-order valence-corrected chi connectivity index (χ1v) is 11.7. The van der Waals surface area contributed by atoms with Crippen LogP contribution in [0.5, 0.6) is 0 Å². The monoisotopic (exact) mass is 466 g/mol. The predicted octanol–water partition coefficient (Wildman–Crippen LogP) is 3.79. The van der Waals surface area contributed by atoms with Gasteiger partial charge in [0, 0.05) is 17.1 Å². The number of rotatable bonds is 5. The molecule has 11 heteroatoms. The van der Waals surface area contributed by atoms with E-state index in [4.69, 9.17) is 11.6 Å². The Balaban J connectivity index is 1.50. The van der Waals surface area contributed by atoms with Crippen molar-refractivity contribution in [1.29, 1.82) is 0 Å². The third kappa shape index (κ3) is 4.22. The number of aromatic nitrogens is 2. The highest BCUT2D eigenvalue weighted by Crippen LogP contribution is 2.30. The van der Waals surface area contributed by atoms with Crippen molar-refractivity contribution in [2.45, 2.75) is 23.8 Å². The molecular formula is C19H16ClFN4O3S2. The van der Waals surface area contributed by atoms with E-state index in [0.717, 1.165) is 11.3 Å². The van der Waals surface area contributed by atoms with Gasteiger partial charge in [-0.05, 0) is 61.4 Å². The van der Waals surface area contributed by atoms with Crippen LogP contribution in [-0.4, -0.2) is 41.4 Å². The van der Waals surface area contributed by atoms with E-state index in [1.165, 1.54) is 40.7 Å². The van der Waals surface area contributed by atoms with E-state index in [1.807, 2.05) is 0 Å². The van der Waals surface area contributed by atoms with Crippen LogP contribution in [-0.2, 0) is 14.8 Å². The normalized spacial score (nSPS) is 17.2. The van der Waals surface area contributed by atoms with E-state index in [2.05, 4.69) is 15.5 Å². The number of hydrogen-bond acceptors (Lipinski definition) is 6. The molecule has 4 rings (SSSR count). The average Bonchev–Trinajstić information content (AvgIpc) is 3.39. The molecule has 2 heterocycles. The average molecular weight is 467 g/mol. The van der Waals surface area contributed by atoms with Crippen LogP contribution < -0.4 is 5.32 Å². The topological polar surface area (TPSA) is 92.3 Å². The number of sulfonamides is 1. The molecule has 1 unspecified atom stereocenters. The van der Waals surface area contributed by atoms with Gasteiger partial charge in [-0.2, -0.15) is 4.31 Å². The van der Waals surface area contributed by atoms with Crippen LogP contribution >= 0.6 is 22.9 Å². The van der Waals surface area contributed by atoms with Crippen LogP contribution in [0.15, 0.2) is 53.4 Å². The first-order chi connectivity index (χ1) is 14.3. The summed E-state index contributed by atoms with van der Waals surface area (Å²) in [7, 11) is -3.84. The molecule has 1 amide bonds. The molecule has 1 N–H and O–H groups in total. The van der Waals surface area contributed by atoms with E-state index in [1.54, 1.807) is 12.1 Å². The standard InChI is InChI=1S/C19H16ClFN4O3S2/c20-13-5-9-15(10-6-13)30(27,28)25-11-1-2-16(25)17(26)22-19-24-23-18(29-19)12-3-7-14(21)8-4-12/h3-10,16H,1-2,11H2,(H,22,24,26). The van der Waals surface area contributed by atoms with Gasteiger partial charge in [0.25, 0.3) is 0 Å². The fourth-order valence-electron chi connectivity index (χ4n) is 3.20. The quantitative estimate of drug-likeness (QED) is 0.617. The second-order valence-electron chi connectivity index (χ2n) is 6.64. The molecule has 1 atom stereocenters. The van der Waals surface area contributed by atoms with Gasteiger partial charge in [-0.25, -0.2) is 12.8 Å². The zero-order valence-corrected chi connectivity index (χ0v) is 17.8. The summed E-state index contributed by atoms with van der Waals surface area (Å²) < 4.78 is 40.2. The van der Waals surface area contributed by atoms with Gasteiger partial charge in [0.2, 0.25) is 21.1 Å². The largest absolute Gasteiger partial charge is 0.299 e. The number of nitrogens with zero attached hydrogens (tertiary/aromatic N) is 3. The second kappa shape index (κ2) is 8.38. The highest BCUT2D eigenvalue weighted by molar-refractivity contribution is 7.89. The van der Waals surface area contributed by atoms with Crippen LogP contribution in [0.3, 0.4) is 0 Å². The highest BCUT2D eigenvalue weighted by Gasteiger charge is 2.39. The Kier molecular flexibility index (Phi) is 5.83. The molecular weight excluding hydrogens is 451 g/mol. The first kappa shape index (κ1) is 20.9. The van der Waals surface area contributed by atoms with Crippen molar-refractivity contribution in [3.63, 3.8) is 0 Å². The van der Waals surface area contributed by atoms with Crippen LogP contribution in [0.25, 0.3) is 10.6 Å². The smallest absolute Gasteiger partial charge is 0.244 e. The summed E-state index contributed by atoms with van der Waals surface area (Å²) in [6.45, 7) is 0.250. The molecule has 1 aliphatic heterocycles. The van der Waals surface area contributed by atoms with Gasteiger partial charge in [-0.15, -0.1) is 10.2 Å². The van der Waals surface area contributed by atoms with Crippen molar-refractivity contribution >= 4 is 44.0 Å². The van der Waals surface area contributed by atoms with Crippen LogP contribution in [0, 0.1) is 5.82 Å². The molecule has 30 heavy (non-hydrogen) atoms. The molecule has 0 saturated carbocycles. The SMILES string of the molecule is O=C(Nc1nnc(-c2ccc(F)cc2)s1)C1CCCN1S(=O)(=O)c1ccc(Cl)cc1. The van der Waals surface area contributed by atoms with Gasteiger partial charge in [-0.1, -0.05) is 22.9 Å².